The van der Waals surface area contributed by atoms with Crippen LogP contribution in [0.25, 0.3) is 11.4 Å². The van der Waals surface area contributed by atoms with Gasteiger partial charge in [0.1, 0.15) is 12.4 Å². The van der Waals surface area contributed by atoms with E-state index in [1.54, 1.807) is 10.7 Å². The molecule has 30 heavy (non-hydrogen) atoms. The molecule has 0 unspecified atom stereocenters. The fraction of sp³-hybridized carbons (Fsp3) is 0.350. The van der Waals surface area contributed by atoms with Gasteiger partial charge in [-0.1, -0.05) is 40.9 Å². The SMILES string of the molecule is Clc1ccc(OCCN2CCOCC2)c(Cn2nnnc2-c2cccc(Cl)c2Cl)c1. The summed E-state index contributed by atoms with van der Waals surface area (Å²) in [5, 5.41) is 13.5. The molecule has 0 N–H and O–H groups in total. The van der Waals surface area contributed by atoms with Crippen LogP contribution in [0, 0.1) is 0 Å². The first kappa shape index (κ1) is 21.3. The van der Waals surface area contributed by atoms with Crippen molar-refractivity contribution >= 4 is 34.8 Å². The molecule has 0 radical (unpaired) electrons. The maximum Gasteiger partial charge on any atom is 0.183 e. The standard InChI is InChI=1S/C20H20Cl3N5O2/c21-15-4-5-18(30-11-8-27-6-9-29-10-7-27)14(12-15)13-28-20(24-25-26-28)16-2-1-3-17(22)19(16)23/h1-5,12H,6-11,13H2. The van der Waals surface area contributed by atoms with Gasteiger partial charge in [0.05, 0.1) is 29.8 Å². The van der Waals surface area contributed by atoms with Crippen molar-refractivity contribution in [3.05, 3.63) is 57.0 Å². The van der Waals surface area contributed by atoms with Crippen molar-refractivity contribution in [3.63, 3.8) is 0 Å². The number of hydrogen-bond donors (Lipinski definition) is 0. The summed E-state index contributed by atoms with van der Waals surface area (Å²) in [5.41, 5.74) is 1.53. The van der Waals surface area contributed by atoms with Crippen molar-refractivity contribution in [2.24, 2.45) is 0 Å². The second-order valence-electron chi connectivity index (χ2n) is 6.82. The van der Waals surface area contributed by atoms with E-state index in [2.05, 4.69) is 20.4 Å². The Kier molecular flexibility index (Phi) is 7.07. The summed E-state index contributed by atoms with van der Waals surface area (Å²) in [6.07, 6.45) is 0. The highest BCUT2D eigenvalue weighted by Crippen LogP contribution is 2.33. The molecule has 0 bridgehead atoms. The summed E-state index contributed by atoms with van der Waals surface area (Å²) in [6.45, 7) is 5.15. The fourth-order valence-corrected chi connectivity index (χ4v) is 3.84. The van der Waals surface area contributed by atoms with Gasteiger partial charge in [-0.3, -0.25) is 4.90 Å². The van der Waals surface area contributed by atoms with Gasteiger partial charge < -0.3 is 9.47 Å². The van der Waals surface area contributed by atoms with Crippen LogP contribution in [-0.2, 0) is 11.3 Å². The Morgan fingerprint density at radius 1 is 1.07 bits per heavy atom. The van der Waals surface area contributed by atoms with Crippen LogP contribution >= 0.6 is 34.8 Å². The highest BCUT2D eigenvalue weighted by atomic mass is 35.5. The predicted molar refractivity (Wildman–Crippen MR) is 117 cm³/mol. The molecule has 10 heteroatoms. The van der Waals surface area contributed by atoms with E-state index in [0.29, 0.717) is 39.6 Å². The van der Waals surface area contributed by atoms with Crippen molar-refractivity contribution in [2.75, 3.05) is 39.5 Å². The minimum absolute atomic E-state index is 0.374. The smallest absolute Gasteiger partial charge is 0.183 e. The van der Waals surface area contributed by atoms with E-state index in [1.165, 1.54) is 0 Å². The molecular formula is C20H20Cl3N5O2. The largest absolute Gasteiger partial charge is 0.492 e. The molecule has 0 amide bonds. The zero-order chi connectivity index (χ0) is 20.9. The first-order valence-electron chi connectivity index (χ1n) is 9.53. The van der Waals surface area contributed by atoms with Gasteiger partial charge in [-0.2, -0.15) is 0 Å². The number of hydrogen-bond acceptors (Lipinski definition) is 6. The molecule has 0 saturated carbocycles. The molecule has 2 heterocycles. The summed E-state index contributed by atoms with van der Waals surface area (Å²) < 4.78 is 13.1. The molecule has 0 aliphatic carbocycles. The van der Waals surface area contributed by atoms with E-state index >= 15 is 0 Å². The molecule has 158 valence electrons. The highest BCUT2D eigenvalue weighted by molar-refractivity contribution is 6.43. The Bertz CT molecular complexity index is 1010. The van der Waals surface area contributed by atoms with E-state index in [4.69, 9.17) is 44.3 Å². The van der Waals surface area contributed by atoms with E-state index in [0.717, 1.165) is 44.2 Å². The molecule has 1 aliphatic heterocycles. The average molecular weight is 469 g/mol. The van der Waals surface area contributed by atoms with E-state index < -0.39 is 0 Å². The first-order chi connectivity index (χ1) is 14.6. The Balaban J connectivity index is 1.52. The lowest BCUT2D eigenvalue weighted by Gasteiger charge is -2.26. The summed E-state index contributed by atoms with van der Waals surface area (Å²) in [5.74, 6) is 1.26. The van der Waals surface area contributed by atoms with Crippen LogP contribution in [0.2, 0.25) is 15.1 Å². The number of nitrogens with zero attached hydrogens (tertiary/aromatic N) is 5. The third kappa shape index (κ3) is 5.04. The molecule has 1 aromatic heterocycles. The topological polar surface area (TPSA) is 65.3 Å². The molecule has 1 saturated heterocycles. The van der Waals surface area contributed by atoms with Crippen molar-refractivity contribution in [1.82, 2.24) is 25.1 Å². The third-order valence-corrected chi connectivity index (χ3v) is 5.89. The Labute approximate surface area is 189 Å². The maximum atomic E-state index is 6.36. The van der Waals surface area contributed by atoms with Crippen LogP contribution in [0.15, 0.2) is 36.4 Å². The van der Waals surface area contributed by atoms with Crippen LogP contribution in [0.1, 0.15) is 5.56 Å². The molecule has 0 spiro atoms. The number of ether oxygens (including phenoxy) is 2. The van der Waals surface area contributed by atoms with Crippen molar-refractivity contribution in [1.29, 1.82) is 0 Å². The minimum Gasteiger partial charge on any atom is -0.492 e. The second kappa shape index (κ2) is 9.94. The lowest BCUT2D eigenvalue weighted by molar-refractivity contribution is 0.0322. The molecule has 7 nitrogen and oxygen atoms in total. The molecule has 1 fully saturated rings. The van der Waals surface area contributed by atoms with Crippen LogP contribution in [0.4, 0.5) is 0 Å². The van der Waals surface area contributed by atoms with Gasteiger partial charge in [0, 0.05) is 35.8 Å². The number of aromatic nitrogens is 4. The van der Waals surface area contributed by atoms with E-state index in [9.17, 15) is 0 Å². The Morgan fingerprint density at radius 3 is 2.73 bits per heavy atom. The van der Waals surface area contributed by atoms with Gasteiger partial charge in [0.2, 0.25) is 0 Å². The predicted octanol–water partition coefficient (Wildman–Crippen LogP) is 4.06. The highest BCUT2D eigenvalue weighted by Gasteiger charge is 2.17. The van der Waals surface area contributed by atoms with Crippen LogP contribution < -0.4 is 4.74 Å². The quantitative estimate of drug-likeness (QED) is 0.521. The number of benzene rings is 2. The Morgan fingerprint density at radius 2 is 1.90 bits per heavy atom. The second-order valence-corrected chi connectivity index (χ2v) is 8.04. The van der Waals surface area contributed by atoms with Crippen molar-refractivity contribution in [2.45, 2.75) is 6.54 Å². The molecule has 2 aromatic carbocycles. The van der Waals surface area contributed by atoms with Gasteiger partial charge in [0.15, 0.2) is 5.82 Å². The minimum atomic E-state index is 0.374. The zero-order valence-corrected chi connectivity index (χ0v) is 18.4. The molecule has 1 aliphatic rings. The summed E-state index contributed by atoms with van der Waals surface area (Å²) in [6, 6.07) is 10.9. The first-order valence-corrected chi connectivity index (χ1v) is 10.7. The number of morpholine rings is 1. The summed E-state index contributed by atoms with van der Waals surface area (Å²) >= 11 is 18.7. The molecule has 3 aromatic rings. The number of halogens is 3. The van der Waals surface area contributed by atoms with Gasteiger partial charge >= 0.3 is 0 Å². The van der Waals surface area contributed by atoms with Gasteiger partial charge in [-0.25, -0.2) is 4.68 Å². The van der Waals surface area contributed by atoms with E-state index in [1.807, 2.05) is 30.3 Å². The monoisotopic (exact) mass is 467 g/mol. The third-order valence-electron chi connectivity index (χ3n) is 4.84. The maximum absolute atomic E-state index is 6.36. The zero-order valence-electron chi connectivity index (χ0n) is 16.1. The lowest BCUT2D eigenvalue weighted by Crippen LogP contribution is -2.38. The molecule has 0 atom stereocenters. The van der Waals surface area contributed by atoms with Crippen LogP contribution in [0.5, 0.6) is 5.75 Å². The van der Waals surface area contributed by atoms with Gasteiger partial charge in [-0.15, -0.1) is 5.10 Å². The summed E-state index contributed by atoms with van der Waals surface area (Å²) in [4.78, 5) is 2.32. The van der Waals surface area contributed by atoms with Gasteiger partial charge in [0.25, 0.3) is 0 Å². The number of rotatable bonds is 7. The van der Waals surface area contributed by atoms with Crippen LogP contribution in [0.3, 0.4) is 0 Å². The molecular weight excluding hydrogens is 449 g/mol. The normalized spacial score (nSPS) is 14.8. The average Bonchev–Trinajstić information content (AvgIpc) is 3.20. The van der Waals surface area contributed by atoms with E-state index in [-0.39, 0.29) is 0 Å². The lowest BCUT2D eigenvalue weighted by atomic mass is 10.1. The summed E-state index contributed by atoms with van der Waals surface area (Å²) in [7, 11) is 0. The van der Waals surface area contributed by atoms with Crippen molar-refractivity contribution in [3.8, 4) is 17.1 Å². The Hall–Kier alpha value is -1.90. The van der Waals surface area contributed by atoms with Gasteiger partial charge in [-0.05, 0) is 40.8 Å². The fourth-order valence-electron chi connectivity index (χ4n) is 3.26. The van der Waals surface area contributed by atoms with Crippen molar-refractivity contribution < 1.29 is 9.47 Å². The van der Waals surface area contributed by atoms with Crippen LogP contribution in [-0.4, -0.2) is 64.6 Å². The number of tetrazole rings is 1. The molecule has 4 rings (SSSR count).